The molecular weight excluding hydrogens is 308 g/mol. The maximum absolute atomic E-state index is 12.8. The van der Waals surface area contributed by atoms with E-state index in [0.29, 0.717) is 10.8 Å². The second kappa shape index (κ2) is 4.21. The molecule has 2 N–H and O–H groups in total. The normalized spacial score (nSPS) is 20.8. The summed E-state index contributed by atoms with van der Waals surface area (Å²) in [5, 5.41) is 4.87. The van der Waals surface area contributed by atoms with Crippen LogP contribution in [0.2, 0.25) is 0 Å². The van der Waals surface area contributed by atoms with Crippen molar-refractivity contribution in [3.8, 4) is 0 Å². The van der Waals surface area contributed by atoms with Gasteiger partial charge in [-0.25, -0.2) is 18.1 Å². The summed E-state index contributed by atoms with van der Waals surface area (Å²) >= 11 is 1.41. The number of fused-ring (bicyclic) bond motifs is 1. The summed E-state index contributed by atoms with van der Waals surface area (Å²) < 4.78 is 30.1. The first-order valence-electron chi connectivity index (χ1n) is 6.78. The molecule has 116 valence electrons. The Hall–Kier alpha value is -1.12. The quantitative estimate of drug-likeness (QED) is 0.902. The van der Waals surface area contributed by atoms with Crippen molar-refractivity contribution in [3.05, 3.63) is 11.6 Å². The Kier molecular flexibility index (Phi) is 2.96. The molecule has 1 aliphatic carbocycles. The van der Waals surface area contributed by atoms with Crippen LogP contribution in [0.25, 0.3) is 4.96 Å². The number of hydrogen-bond donors (Lipinski definition) is 2. The maximum atomic E-state index is 12.8. The van der Waals surface area contributed by atoms with Gasteiger partial charge in [0, 0.05) is 24.7 Å². The molecule has 0 spiro atoms. The fourth-order valence-corrected chi connectivity index (χ4v) is 5.48. The molecule has 0 amide bonds. The molecule has 0 atom stereocenters. The average Bonchev–Trinajstić information content (AvgIpc) is 2.83. The molecule has 3 rings (SSSR count). The molecular formula is C13H20N4O2S2. The number of sulfonamides is 1. The lowest BCUT2D eigenvalue weighted by atomic mass is 10.0. The lowest BCUT2D eigenvalue weighted by Crippen LogP contribution is -2.31. The van der Waals surface area contributed by atoms with E-state index in [9.17, 15) is 8.42 Å². The summed E-state index contributed by atoms with van der Waals surface area (Å²) in [5.74, 6) is 0.380. The van der Waals surface area contributed by atoms with Crippen LogP contribution in [-0.4, -0.2) is 30.9 Å². The van der Waals surface area contributed by atoms with E-state index in [4.69, 9.17) is 0 Å². The number of hydrogen-bond acceptors (Lipinski definition) is 5. The fraction of sp³-hybridized carbons (Fsp3) is 0.615. The van der Waals surface area contributed by atoms with Crippen molar-refractivity contribution in [2.45, 2.75) is 38.8 Å². The van der Waals surface area contributed by atoms with Gasteiger partial charge in [0.05, 0.1) is 0 Å². The van der Waals surface area contributed by atoms with E-state index in [2.05, 4.69) is 42.7 Å². The number of imidazole rings is 1. The minimum atomic E-state index is -3.64. The molecule has 1 saturated carbocycles. The third-order valence-electron chi connectivity index (χ3n) is 5.00. The van der Waals surface area contributed by atoms with Gasteiger partial charge >= 0.3 is 0 Å². The first kappa shape index (κ1) is 14.8. The van der Waals surface area contributed by atoms with Gasteiger partial charge in [-0.3, -0.25) is 4.40 Å². The molecule has 0 unspecified atom stereocenters. The standard InChI is InChI=1S/C13H20N4O2S2/c1-12(2)10(13(12,3)4)16-21(18,19)9-8(14-5)15-11-17(9)6-7-20-11/h6-7,10,14,16H,1-5H3. The molecule has 0 radical (unpaired) electrons. The summed E-state index contributed by atoms with van der Waals surface area (Å²) in [6, 6.07) is -0.0797. The van der Waals surface area contributed by atoms with E-state index in [1.165, 1.54) is 11.3 Å². The van der Waals surface area contributed by atoms with Gasteiger partial charge < -0.3 is 5.32 Å². The van der Waals surface area contributed by atoms with Gasteiger partial charge in [-0.05, 0) is 10.8 Å². The Labute approximate surface area is 128 Å². The molecule has 2 heterocycles. The van der Waals surface area contributed by atoms with Gasteiger partial charge in [-0.1, -0.05) is 27.7 Å². The van der Waals surface area contributed by atoms with Gasteiger partial charge in [-0.2, -0.15) is 0 Å². The third kappa shape index (κ3) is 1.92. The SMILES string of the molecule is CNc1nc2sccn2c1S(=O)(=O)NC1C(C)(C)C1(C)C. The summed E-state index contributed by atoms with van der Waals surface area (Å²) in [4.78, 5) is 4.97. The minimum absolute atomic E-state index is 0.0572. The lowest BCUT2D eigenvalue weighted by molar-refractivity contribution is 0.457. The molecule has 0 aromatic carbocycles. The van der Waals surface area contributed by atoms with Crippen LogP contribution in [0.15, 0.2) is 16.6 Å². The number of nitrogens with zero attached hydrogens (tertiary/aromatic N) is 2. The van der Waals surface area contributed by atoms with Crippen molar-refractivity contribution in [3.63, 3.8) is 0 Å². The number of nitrogens with one attached hydrogen (secondary N) is 2. The van der Waals surface area contributed by atoms with Crippen molar-refractivity contribution in [1.82, 2.24) is 14.1 Å². The molecule has 0 saturated heterocycles. The summed E-state index contributed by atoms with van der Waals surface area (Å²) in [6.07, 6.45) is 1.73. The van der Waals surface area contributed by atoms with Gasteiger partial charge in [0.1, 0.15) is 0 Å². The average molecular weight is 328 g/mol. The number of aromatic nitrogens is 2. The van der Waals surface area contributed by atoms with E-state index < -0.39 is 10.0 Å². The van der Waals surface area contributed by atoms with E-state index >= 15 is 0 Å². The van der Waals surface area contributed by atoms with Crippen molar-refractivity contribution >= 4 is 32.1 Å². The fourth-order valence-electron chi connectivity index (χ4n) is 2.89. The Morgan fingerprint density at radius 3 is 2.43 bits per heavy atom. The Balaban J connectivity index is 2.04. The second-order valence-electron chi connectivity index (χ2n) is 6.57. The second-order valence-corrected chi connectivity index (χ2v) is 9.07. The Bertz CT molecular complexity index is 787. The zero-order chi connectivity index (χ0) is 15.6. The molecule has 0 bridgehead atoms. The van der Waals surface area contributed by atoms with Gasteiger partial charge in [0.2, 0.25) is 0 Å². The Morgan fingerprint density at radius 1 is 1.29 bits per heavy atom. The van der Waals surface area contributed by atoms with Crippen LogP contribution < -0.4 is 10.0 Å². The largest absolute Gasteiger partial charge is 0.371 e. The smallest absolute Gasteiger partial charge is 0.260 e. The van der Waals surface area contributed by atoms with Crippen LogP contribution in [-0.2, 0) is 10.0 Å². The van der Waals surface area contributed by atoms with E-state index in [1.54, 1.807) is 17.6 Å². The third-order valence-corrected chi connectivity index (χ3v) is 7.21. The van der Waals surface area contributed by atoms with E-state index in [-0.39, 0.29) is 21.9 Å². The highest BCUT2D eigenvalue weighted by molar-refractivity contribution is 7.89. The first-order chi connectivity index (χ1) is 9.63. The van der Waals surface area contributed by atoms with Gasteiger partial charge in [-0.15, -0.1) is 11.3 Å². The number of thiazole rings is 1. The molecule has 2 aromatic rings. The number of anilines is 1. The van der Waals surface area contributed by atoms with Crippen molar-refractivity contribution in [2.75, 3.05) is 12.4 Å². The predicted octanol–water partition coefficient (Wildman–Crippen LogP) is 2.15. The lowest BCUT2D eigenvalue weighted by Gasteiger charge is -2.09. The summed E-state index contributed by atoms with van der Waals surface area (Å²) in [7, 11) is -1.96. The van der Waals surface area contributed by atoms with Crippen LogP contribution in [0, 0.1) is 10.8 Å². The molecule has 21 heavy (non-hydrogen) atoms. The van der Waals surface area contributed by atoms with E-state index in [1.807, 2.05) is 5.38 Å². The first-order valence-corrected chi connectivity index (χ1v) is 9.15. The van der Waals surface area contributed by atoms with E-state index in [0.717, 1.165) is 0 Å². The minimum Gasteiger partial charge on any atom is -0.371 e. The molecule has 1 aliphatic rings. The topological polar surface area (TPSA) is 75.5 Å². The maximum Gasteiger partial charge on any atom is 0.260 e. The highest BCUT2D eigenvalue weighted by Gasteiger charge is 2.66. The van der Waals surface area contributed by atoms with Crippen molar-refractivity contribution in [2.24, 2.45) is 10.8 Å². The summed E-state index contributed by atoms with van der Waals surface area (Å²) in [5.41, 5.74) is -0.114. The van der Waals surface area contributed by atoms with Crippen LogP contribution in [0.1, 0.15) is 27.7 Å². The van der Waals surface area contributed by atoms with Crippen LogP contribution in [0.4, 0.5) is 5.82 Å². The van der Waals surface area contributed by atoms with Crippen molar-refractivity contribution in [1.29, 1.82) is 0 Å². The van der Waals surface area contributed by atoms with Crippen molar-refractivity contribution < 1.29 is 8.42 Å². The highest BCUT2D eigenvalue weighted by atomic mass is 32.2. The Morgan fingerprint density at radius 2 is 1.90 bits per heavy atom. The highest BCUT2D eigenvalue weighted by Crippen LogP contribution is 2.63. The molecule has 8 heteroatoms. The monoisotopic (exact) mass is 328 g/mol. The predicted molar refractivity (Wildman–Crippen MR) is 84.3 cm³/mol. The summed E-state index contributed by atoms with van der Waals surface area (Å²) in [6.45, 7) is 8.32. The molecule has 1 fully saturated rings. The van der Waals surface area contributed by atoms with Gasteiger partial charge in [0.15, 0.2) is 15.8 Å². The van der Waals surface area contributed by atoms with Crippen LogP contribution >= 0.6 is 11.3 Å². The molecule has 2 aromatic heterocycles. The molecule has 0 aliphatic heterocycles. The molecule has 6 nitrogen and oxygen atoms in total. The zero-order valence-electron chi connectivity index (χ0n) is 12.8. The van der Waals surface area contributed by atoms with Crippen LogP contribution in [0.5, 0.6) is 0 Å². The zero-order valence-corrected chi connectivity index (χ0v) is 14.4. The van der Waals surface area contributed by atoms with Crippen LogP contribution in [0.3, 0.4) is 0 Å². The number of rotatable bonds is 4. The van der Waals surface area contributed by atoms with Gasteiger partial charge in [0.25, 0.3) is 10.0 Å².